The predicted molar refractivity (Wildman–Crippen MR) is 67.0 cm³/mol. The molecule has 0 radical (unpaired) electrons. The van der Waals surface area contributed by atoms with Crippen LogP contribution in [0.15, 0.2) is 0 Å². The second kappa shape index (κ2) is 3.97. The van der Waals surface area contributed by atoms with Crippen LogP contribution in [0.2, 0.25) is 0 Å². The van der Waals surface area contributed by atoms with Crippen LogP contribution in [0.1, 0.15) is 69.5 Å². The number of hydrogen-bond donors (Lipinski definition) is 0. The average Bonchev–Trinajstić information content (AvgIpc) is 2.53. The summed E-state index contributed by atoms with van der Waals surface area (Å²) in [6.45, 7) is 9.65. The molecule has 1 aliphatic rings. The third-order valence-corrected chi connectivity index (χ3v) is 3.42. The van der Waals surface area contributed by atoms with E-state index in [-0.39, 0.29) is 17.9 Å². The fourth-order valence-electron chi connectivity index (χ4n) is 2.53. The largest absolute Gasteiger partial charge is 0.275 e. The Morgan fingerprint density at radius 3 is 2.28 bits per heavy atom. The van der Waals surface area contributed by atoms with Crippen LogP contribution in [0.5, 0.6) is 0 Å². The van der Waals surface area contributed by atoms with Gasteiger partial charge in [0.05, 0.1) is 11.4 Å². The molecule has 0 saturated heterocycles. The summed E-state index contributed by atoms with van der Waals surface area (Å²) in [5.74, 6) is -2.62. The summed E-state index contributed by atoms with van der Waals surface area (Å²) in [6, 6.07) is 0. The Balaban J connectivity index is 2.72. The van der Waals surface area contributed by atoms with E-state index in [1.807, 2.05) is 34.6 Å². The number of fused-ring (bicyclic) bond motifs is 1. The van der Waals surface area contributed by atoms with Crippen molar-refractivity contribution in [3.8, 4) is 0 Å². The highest BCUT2D eigenvalue weighted by molar-refractivity contribution is 5.44. The lowest BCUT2D eigenvalue weighted by Gasteiger charge is -2.24. The van der Waals surface area contributed by atoms with E-state index in [2.05, 4.69) is 10.2 Å². The van der Waals surface area contributed by atoms with Crippen LogP contribution in [0.4, 0.5) is 8.78 Å². The normalized spacial score (nSPS) is 18.2. The van der Waals surface area contributed by atoms with Gasteiger partial charge in [0.25, 0.3) is 5.92 Å². The Morgan fingerprint density at radius 2 is 1.78 bits per heavy atom. The molecular formula is C14H20F2N2. The van der Waals surface area contributed by atoms with Gasteiger partial charge >= 0.3 is 0 Å². The molecule has 0 atom stereocenters. The van der Waals surface area contributed by atoms with Gasteiger partial charge in [-0.15, -0.1) is 0 Å². The van der Waals surface area contributed by atoms with Gasteiger partial charge in [0, 0.05) is 17.4 Å². The van der Waals surface area contributed by atoms with Crippen molar-refractivity contribution in [1.29, 1.82) is 0 Å². The molecule has 4 heteroatoms. The van der Waals surface area contributed by atoms with Crippen molar-refractivity contribution in [2.75, 3.05) is 0 Å². The van der Waals surface area contributed by atoms with Crippen molar-refractivity contribution in [3.63, 3.8) is 0 Å². The molecule has 100 valence electrons. The zero-order valence-electron chi connectivity index (χ0n) is 11.6. The first kappa shape index (κ1) is 13.4. The summed E-state index contributed by atoms with van der Waals surface area (Å²) in [5.41, 5.74) is 1.66. The van der Waals surface area contributed by atoms with Crippen molar-refractivity contribution < 1.29 is 8.78 Å². The van der Waals surface area contributed by atoms with E-state index in [4.69, 9.17) is 0 Å². The standard InChI is InChI=1S/C14H20F2N2/c1-8(2)11-9-6-7-14(15,16)10(9)12(18-17-11)13(3,4)5/h8H,6-7H2,1-5H3. The molecule has 1 aliphatic carbocycles. The topological polar surface area (TPSA) is 25.8 Å². The van der Waals surface area contributed by atoms with E-state index in [9.17, 15) is 8.78 Å². The molecule has 0 saturated carbocycles. The first-order chi connectivity index (χ1) is 8.14. The van der Waals surface area contributed by atoms with E-state index in [0.717, 1.165) is 11.3 Å². The van der Waals surface area contributed by atoms with Crippen LogP contribution < -0.4 is 0 Å². The Morgan fingerprint density at radius 1 is 1.17 bits per heavy atom. The van der Waals surface area contributed by atoms with Gasteiger partial charge in [-0.3, -0.25) is 0 Å². The molecule has 0 aromatic carbocycles. The van der Waals surface area contributed by atoms with Gasteiger partial charge in [-0.25, -0.2) is 8.78 Å². The van der Waals surface area contributed by atoms with Crippen LogP contribution in [0.25, 0.3) is 0 Å². The van der Waals surface area contributed by atoms with E-state index in [1.165, 1.54) is 0 Å². The minimum absolute atomic E-state index is 0.113. The lowest BCUT2D eigenvalue weighted by Crippen LogP contribution is -2.23. The molecule has 1 aromatic heterocycles. The summed E-state index contributed by atoms with van der Waals surface area (Å²) in [5, 5.41) is 8.31. The number of aromatic nitrogens is 2. The van der Waals surface area contributed by atoms with Crippen LogP contribution >= 0.6 is 0 Å². The first-order valence-electron chi connectivity index (χ1n) is 6.43. The first-order valence-corrected chi connectivity index (χ1v) is 6.43. The van der Waals surface area contributed by atoms with Crippen molar-refractivity contribution in [2.24, 2.45) is 0 Å². The van der Waals surface area contributed by atoms with Gasteiger partial charge in [-0.05, 0) is 17.9 Å². The molecule has 18 heavy (non-hydrogen) atoms. The van der Waals surface area contributed by atoms with Crippen molar-refractivity contribution in [3.05, 3.63) is 22.5 Å². The minimum Gasteiger partial charge on any atom is -0.201 e. The number of halogens is 2. The Kier molecular flexibility index (Phi) is 2.95. The molecule has 0 aliphatic heterocycles. The van der Waals surface area contributed by atoms with E-state index in [1.54, 1.807) is 0 Å². The van der Waals surface area contributed by atoms with E-state index >= 15 is 0 Å². The Hall–Kier alpha value is -1.06. The molecule has 0 bridgehead atoms. The van der Waals surface area contributed by atoms with Gasteiger partial charge in [-0.2, -0.15) is 10.2 Å². The summed E-state index contributed by atoms with van der Waals surface area (Å²) in [4.78, 5) is 0. The fraction of sp³-hybridized carbons (Fsp3) is 0.714. The van der Waals surface area contributed by atoms with Crippen molar-refractivity contribution in [1.82, 2.24) is 10.2 Å². The summed E-state index contributed by atoms with van der Waals surface area (Å²) in [7, 11) is 0. The maximum absolute atomic E-state index is 14.1. The Bertz CT molecular complexity index is 473. The van der Waals surface area contributed by atoms with Gasteiger partial charge < -0.3 is 0 Å². The van der Waals surface area contributed by atoms with Gasteiger partial charge in [-0.1, -0.05) is 34.6 Å². The maximum atomic E-state index is 14.1. The van der Waals surface area contributed by atoms with E-state index < -0.39 is 11.3 Å². The molecule has 0 amide bonds. The highest BCUT2D eigenvalue weighted by atomic mass is 19.3. The zero-order valence-corrected chi connectivity index (χ0v) is 11.6. The van der Waals surface area contributed by atoms with Crippen LogP contribution in [-0.4, -0.2) is 10.2 Å². The van der Waals surface area contributed by atoms with Gasteiger partial charge in [0.15, 0.2) is 0 Å². The molecule has 2 nitrogen and oxygen atoms in total. The van der Waals surface area contributed by atoms with Crippen LogP contribution in [-0.2, 0) is 17.8 Å². The smallest absolute Gasteiger partial charge is 0.201 e. The lowest BCUT2D eigenvalue weighted by molar-refractivity contribution is -0.00392. The summed E-state index contributed by atoms with van der Waals surface area (Å²) >= 11 is 0. The summed E-state index contributed by atoms with van der Waals surface area (Å²) in [6.07, 6.45) is 0.299. The van der Waals surface area contributed by atoms with Gasteiger partial charge in [0.1, 0.15) is 0 Å². The number of rotatable bonds is 1. The zero-order chi connectivity index (χ0) is 13.7. The third-order valence-electron chi connectivity index (χ3n) is 3.42. The molecule has 0 fully saturated rings. The van der Waals surface area contributed by atoms with Gasteiger partial charge in [0.2, 0.25) is 0 Å². The van der Waals surface area contributed by atoms with Crippen LogP contribution in [0, 0.1) is 0 Å². The number of alkyl halides is 2. The third kappa shape index (κ3) is 2.02. The summed E-state index contributed by atoms with van der Waals surface area (Å²) < 4.78 is 28.2. The molecule has 1 heterocycles. The fourth-order valence-corrected chi connectivity index (χ4v) is 2.53. The maximum Gasteiger partial charge on any atom is 0.275 e. The highest BCUT2D eigenvalue weighted by Gasteiger charge is 2.45. The lowest BCUT2D eigenvalue weighted by atomic mass is 9.86. The molecule has 2 rings (SSSR count). The Labute approximate surface area is 107 Å². The number of nitrogens with zero attached hydrogens (tertiary/aromatic N) is 2. The molecule has 0 N–H and O–H groups in total. The van der Waals surface area contributed by atoms with E-state index in [0.29, 0.717) is 12.1 Å². The molecule has 1 aromatic rings. The molecule has 0 unspecified atom stereocenters. The highest BCUT2D eigenvalue weighted by Crippen LogP contribution is 2.47. The predicted octanol–water partition coefficient (Wildman–Crippen LogP) is 3.94. The second-order valence-corrected chi connectivity index (χ2v) is 6.40. The van der Waals surface area contributed by atoms with Crippen molar-refractivity contribution in [2.45, 2.75) is 64.7 Å². The van der Waals surface area contributed by atoms with Crippen LogP contribution in [0.3, 0.4) is 0 Å². The molecule has 0 spiro atoms. The quantitative estimate of drug-likeness (QED) is 0.758. The monoisotopic (exact) mass is 254 g/mol. The SMILES string of the molecule is CC(C)c1nnc(C(C)(C)C)c2c1CCC2(F)F. The minimum atomic E-state index is -2.75. The van der Waals surface area contributed by atoms with Crippen molar-refractivity contribution >= 4 is 0 Å². The second-order valence-electron chi connectivity index (χ2n) is 6.40. The molecular weight excluding hydrogens is 234 g/mol. The number of hydrogen-bond acceptors (Lipinski definition) is 2. The average molecular weight is 254 g/mol.